The summed E-state index contributed by atoms with van der Waals surface area (Å²) in [6.07, 6.45) is 5.70. The summed E-state index contributed by atoms with van der Waals surface area (Å²) < 4.78 is 0. The zero-order chi connectivity index (χ0) is 12.1. The molecule has 0 spiro atoms. The topological polar surface area (TPSA) is 53.4 Å². The Morgan fingerprint density at radius 3 is 2.82 bits per heavy atom. The second kappa shape index (κ2) is 5.77. The molecule has 2 rings (SSSR count). The Kier molecular flexibility index (Phi) is 4.09. The molecule has 0 saturated carbocycles. The largest absolute Gasteiger partial charge is 0.396 e. The first-order valence-electron chi connectivity index (χ1n) is 6.07. The maximum absolute atomic E-state index is 12.0. The van der Waals surface area contributed by atoms with E-state index in [-0.39, 0.29) is 12.5 Å². The number of aliphatic hydroxyl groups excluding tert-OH is 1. The second-order valence-corrected chi connectivity index (χ2v) is 4.54. The number of carbonyl (C=O) groups excluding carboxylic acids is 1. The molecule has 4 nitrogen and oxygen atoms in total. The fourth-order valence-corrected chi connectivity index (χ4v) is 2.15. The number of aromatic nitrogens is 1. The maximum Gasteiger partial charge on any atom is 0.227 e. The Morgan fingerprint density at radius 1 is 1.47 bits per heavy atom. The lowest BCUT2D eigenvalue weighted by molar-refractivity contribution is -0.132. The zero-order valence-electron chi connectivity index (χ0n) is 9.88. The Balaban J connectivity index is 1.85. The van der Waals surface area contributed by atoms with Crippen LogP contribution in [-0.2, 0) is 11.2 Å². The lowest BCUT2D eigenvalue weighted by Gasteiger charge is -2.31. The van der Waals surface area contributed by atoms with Gasteiger partial charge in [-0.3, -0.25) is 9.78 Å². The number of carbonyl (C=O) groups is 1. The van der Waals surface area contributed by atoms with Gasteiger partial charge in [0, 0.05) is 32.1 Å². The van der Waals surface area contributed by atoms with Gasteiger partial charge in [0.2, 0.25) is 5.91 Å². The number of amides is 1. The predicted octanol–water partition coefficient (Wildman–Crippen LogP) is 0.855. The van der Waals surface area contributed by atoms with Crippen molar-refractivity contribution in [1.29, 1.82) is 0 Å². The Morgan fingerprint density at radius 2 is 2.24 bits per heavy atom. The standard InChI is InChI=1S/C13H18N2O2/c16-10-11-3-6-15(7-4-11)13(17)8-12-2-1-5-14-9-12/h1-2,5,9,11,16H,3-4,6-8,10H2. The first-order valence-corrected chi connectivity index (χ1v) is 6.07. The van der Waals surface area contributed by atoms with Crippen LogP contribution in [-0.4, -0.2) is 40.6 Å². The van der Waals surface area contributed by atoms with Crippen LogP contribution in [0.2, 0.25) is 0 Å². The van der Waals surface area contributed by atoms with Gasteiger partial charge < -0.3 is 10.0 Å². The van der Waals surface area contributed by atoms with Crippen molar-refractivity contribution in [1.82, 2.24) is 9.88 Å². The van der Waals surface area contributed by atoms with Crippen molar-refractivity contribution in [2.45, 2.75) is 19.3 Å². The lowest BCUT2D eigenvalue weighted by atomic mass is 9.97. The number of nitrogens with zero attached hydrogens (tertiary/aromatic N) is 2. The molecule has 1 saturated heterocycles. The van der Waals surface area contributed by atoms with E-state index < -0.39 is 0 Å². The van der Waals surface area contributed by atoms with E-state index in [0.29, 0.717) is 12.3 Å². The molecule has 1 fully saturated rings. The van der Waals surface area contributed by atoms with Crippen molar-refractivity contribution in [3.05, 3.63) is 30.1 Å². The normalized spacial score (nSPS) is 17.1. The summed E-state index contributed by atoms with van der Waals surface area (Å²) in [5.41, 5.74) is 0.960. The van der Waals surface area contributed by atoms with Crippen LogP contribution >= 0.6 is 0 Å². The van der Waals surface area contributed by atoms with Crippen molar-refractivity contribution in [3.8, 4) is 0 Å². The highest BCUT2D eigenvalue weighted by Gasteiger charge is 2.22. The molecular formula is C13H18N2O2. The first-order chi connectivity index (χ1) is 8.29. The molecule has 0 radical (unpaired) electrons. The molecule has 1 aromatic rings. The van der Waals surface area contributed by atoms with Crippen LogP contribution < -0.4 is 0 Å². The van der Waals surface area contributed by atoms with Crippen molar-refractivity contribution in [2.24, 2.45) is 5.92 Å². The highest BCUT2D eigenvalue weighted by Crippen LogP contribution is 2.17. The predicted molar refractivity (Wildman–Crippen MR) is 64.3 cm³/mol. The summed E-state index contributed by atoms with van der Waals surface area (Å²) in [6.45, 7) is 1.78. The molecule has 1 N–H and O–H groups in total. The molecule has 1 aliphatic rings. The van der Waals surface area contributed by atoms with Crippen molar-refractivity contribution in [2.75, 3.05) is 19.7 Å². The van der Waals surface area contributed by atoms with E-state index >= 15 is 0 Å². The van der Waals surface area contributed by atoms with Gasteiger partial charge in [0.15, 0.2) is 0 Å². The summed E-state index contributed by atoms with van der Waals surface area (Å²) in [6, 6.07) is 3.77. The number of pyridine rings is 1. The average Bonchev–Trinajstić information content (AvgIpc) is 2.40. The van der Waals surface area contributed by atoms with Gasteiger partial charge in [-0.2, -0.15) is 0 Å². The van der Waals surface area contributed by atoms with Crippen molar-refractivity contribution >= 4 is 5.91 Å². The fraction of sp³-hybridized carbons (Fsp3) is 0.538. The van der Waals surface area contributed by atoms with Crippen LogP contribution in [0.1, 0.15) is 18.4 Å². The smallest absolute Gasteiger partial charge is 0.227 e. The van der Waals surface area contributed by atoms with Gasteiger partial charge in [0.1, 0.15) is 0 Å². The molecule has 17 heavy (non-hydrogen) atoms. The average molecular weight is 234 g/mol. The van der Waals surface area contributed by atoms with Gasteiger partial charge in [-0.25, -0.2) is 0 Å². The number of hydrogen-bond donors (Lipinski definition) is 1. The SMILES string of the molecule is O=C(Cc1cccnc1)N1CCC(CO)CC1. The van der Waals surface area contributed by atoms with Crippen LogP contribution in [0.4, 0.5) is 0 Å². The van der Waals surface area contributed by atoms with Gasteiger partial charge in [-0.15, -0.1) is 0 Å². The third kappa shape index (κ3) is 3.27. The summed E-state index contributed by atoms with van der Waals surface area (Å²) in [7, 11) is 0. The van der Waals surface area contributed by atoms with E-state index in [4.69, 9.17) is 5.11 Å². The molecular weight excluding hydrogens is 216 g/mol. The van der Waals surface area contributed by atoms with Gasteiger partial charge in [-0.05, 0) is 30.4 Å². The van der Waals surface area contributed by atoms with Gasteiger partial charge >= 0.3 is 0 Å². The zero-order valence-corrected chi connectivity index (χ0v) is 9.88. The van der Waals surface area contributed by atoms with Crippen molar-refractivity contribution in [3.63, 3.8) is 0 Å². The van der Waals surface area contributed by atoms with Crippen LogP contribution in [0.15, 0.2) is 24.5 Å². The Bertz CT molecular complexity index is 359. The summed E-state index contributed by atoms with van der Waals surface area (Å²) in [4.78, 5) is 17.9. The minimum Gasteiger partial charge on any atom is -0.396 e. The minimum absolute atomic E-state index is 0.161. The third-order valence-electron chi connectivity index (χ3n) is 3.30. The fourth-order valence-electron chi connectivity index (χ4n) is 2.15. The second-order valence-electron chi connectivity index (χ2n) is 4.54. The summed E-state index contributed by atoms with van der Waals surface area (Å²) in [5, 5.41) is 9.04. The van der Waals surface area contributed by atoms with E-state index in [1.165, 1.54) is 0 Å². The highest BCUT2D eigenvalue weighted by molar-refractivity contribution is 5.78. The van der Waals surface area contributed by atoms with Crippen LogP contribution in [0, 0.1) is 5.92 Å². The van der Waals surface area contributed by atoms with Crippen LogP contribution in [0.25, 0.3) is 0 Å². The van der Waals surface area contributed by atoms with Gasteiger partial charge in [0.05, 0.1) is 6.42 Å². The molecule has 1 amide bonds. The molecule has 1 aromatic heterocycles. The van der Waals surface area contributed by atoms with E-state index in [9.17, 15) is 4.79 Å². The summed E-state index contributed by atoms with van der Waals surface area (Å²) in [5.74, 6) is 0.534. The molecule has 0 atom stereocenters. The Labute approximate surface area is 101 Å². The molecule has 0 aliphatic carbocycles. The van der Waals surface area contributed by atoms with Crippen LogP contribution in [0.5, 0.6) is 0 Å². The van der Waals surface area contributed by atoms with Crippen LogP contribution in [0.3, 0.4) is 0 Å². The van der Waals surface area contributed by atoms with E-state index in [1.807, 2.05) is 17.0 Å². The monoisotopic (exact) mass is 234 g/mol. The number of piperidine rings is 1. The number of hydrogen-bond acceptors (Lipinski definition) is 3. The molecule has 0 bridgehead atoms. The Hall–Kier alpha value is -1.42. The van der Waals surface area contributed by atoms with Gasteiger partial charge in [-0.1, -0.05) is 6.07 Å². The summed E-state index contributed by atoms with van der Waals surface area (Å²) >= 11 is 0. The molecule has 0 unspecified atom stereocenters. The minimum atomic E-state index is 0.161. The molecule has 0 aromatic carbocycles. The van der Waals surface area contributed by atoms with E-state index in [1.54, 1.807) is 12.4 Å². The molecule has 4 heteroatoms. The quantitative estimate of drug-likeness (QED) is 0.843. The molecule has 1 aliphatic heterocycles. The van der Waals surface area contributed by atoms with Gasteiger partial charge in [0.25, 0.3) is 0 Å². The maximum atomic E-state index is 12.0. The third-order valence-corrected chi connectivity index (χ3v) is 3.30. The van der Waals surface area contributed by atoms with E-state index in [0.717, 1.165) is 31.5 Å². The molecule has 2 heterocycles. The first kappa shape index (κ1) is 12.0. The lowest BCUT2D eigenvalue weighted by Crippen LogP contribution is -2.40. The number of rotatable bonds is 3. The van der Waals surface area contributed by atoms with Crippen molar-refractivity contribution < 1.29 is 9.90 Å². The number of likely N-dealkylation sites (tertiary alicyclic amines) is 1. The number of aliphatic hydroxyl groups is 1. The highest BCUT2D eigenvalue weighted by atomic mass is 16.3. The molecule has 92 valence electrons. The van der Waals surface area contributed by atoms with E-state index in [2.05, 4.69) is 4.98 Å².